The fourth-order valence-electron chi connectivity index (χ4n) is 2.96. The molecule has 30 heavy (non-hydrogen) atoms. The van der Waals surface area contributed by atoms with Crippen molar-refractivity contribution in [2.24, 2.45) is 0 Å². The van der Waals surface area contributed by atoms with E-state index < -0.39 is 15.8 Å². The molecule has 162 valence electrons. The van der Waals surface area contributed by atoms with Crippen molar-refractivity contribution in [2.45, 2.75) is 4.21 Å². The van der Waals surface area contributed by atoms with Gasteiger partial charge in [0.15, 0.2) is 0 Å². The third-order valence-corrected chi connectivity index (χ3v) is 8.47. The second-order valence-corrected chi connectivity index (χ2v) is 11.0. The first-order valence-electron chi connectivity index (χ1n) is 8.83. The van der Waals surface area contributed by atoms with Crippen LogP contribution < -0.4 is 0 Å². The van der Waals surface area contributed by atoms with E-state index in [2.05, 4.69) is 0 Å². The lowest BCUT2D eigenvalue weighted by atomic mass is 10.1. The van der Waals surface area contributed by atoms with Gasteiger partial charge in [0, 0.05) is 33.2 Å². The maximum absolute atomic E-state index is 13.2. The molecule has 1 saturated heterocycles. The van der Waals surface area contributed by atoms with Gasteiger partial charge in [0.05, 0.1) is 21.5 Å². The molecule has 12 heteroatoms. The summed E-state index contributed by atoms with van der Waals surface area (Å²) >= 11 is 12.7. The molecular weight excluding hydrogens is 476 g/mol. The van der Waals surface area contributed by atoms with Crippen LogP contribution in [0.15, 0.2) is 34.5 Å². The Morgan fingerprint density at radius 3 is 2.30 bits per heavy atom. The Bertz CT molecular complexity index is 1070. The van der Waals surface area contributed by atoms with Gasteiger partial charge in [-0.1, -0.05) is 23.2 Å². The third kappa shape index (κ3) is 4.94. The summed E-state index contributed by atoms with van der Waals surface area (Å²) < 4.78 is 39.6. The highest BCUT2D eigenvalue weighted by atomic mass is 35.5. The lowest BCUT2D eigenvalue weighted by Gasteiger charge is -2.35. The minimum atomic E-state index is -3.81. The number of rotatable bonds is 5. The van der Waals surface area contributed by atoms with Gasteiger partial charge in [-0.05, 0) is 30.3 Å². The molecule has 0 spiro atoms. The van der Waals surface area contributed by atoms with Crippen molar-refractivity contribution < 1.29 is 22.4 Å². The summed E-state index contributed by atoms with van der Waals surface area (Å²) in [6.45, 7) is 0.699. The van der Waals surface area contributed by atoms with E-state index in [1.165, 1.54) is 35.0 Å². The molecule has 0 N–H and O–H groups in total. The van der Waals surface area contributed by atoms with Crippen LogP contribution in [0.25, 0.3) is 0 Å². The number of amides is 2. The molecule has 0 unspecified atom stereocenters. The van der Waals surface area contributed by atoms with Crippen molar-refractivity contribution in [2.75, 3.05) is 39.8 Å². The molecule has 1 fully saturated rings. The highest BCUT2D eigenvalue weighted by Crippen LogP contribution is 2.27. The van der Waals surface area contributed by atoms with Gasteiger partial charge < -0.3 is 9.80 Å². The number of likely N-dealkylation sites (N-methyl/N-ethyl adjacent to an activating group) is 1. The summed E-state index contributed by atoms with van der Waals surface area (Å²) in [4.78, 5) is 28.2. The van der Waals surface area contributed by atoms with Gasteiger partial charge in [-0.2, -0.15) is 4.31 Å². The molecule has 1 aromatic carbocycles. The normalized spacial score (nSPS) is 15.0. The number of hydrogen-bond acceptors (Lipinski definition) is 5. The van der Waals surface area contributed by atoms with E-state index >= 15 is 0 Å². The van der Waals surface area contributed by atoms with Crippen LogP contribution in [0.3, 0.4) is 0 Å². The number of piperazine rings is 1. The van der Waals surface area contributed by atoms with E-state index in [1.807, 2.05) is 0 Å². The second-order valence-electron chi connectivity index (χ2n) is 6.62. The number of sulfonamides is 1. The Hall–Kier alpha value is -1.72. The van der Waals surface area contributed by atoms with Gasteiger partial charge in [0.25, 0.3) is 15.9 Å². The molecule has 0 bridgehead atoms. The van der Waals surface area contributed by atoms with E-state index in [9.17, 15) is 22.4 Å². The minimum absolute atomic E-state index is 0.0269. The summed E-state index contributed by atoms with van der Waals surface area (Å²) in [6, 6.07) is 6.45. The zero-order valence-corrected chi connectivity index (χ0v) is 19.0. The molecule has 2 aromatic rings. The van der Waals surface area contributed by atoms with E-state index in [4.69, 9.17) is 23.2 Å². The maximum Gasteiger partial charge on any atom is 0.255 e. The van der Waals surface area contributed by atoms with Gasteiger partial charge in [-0.3, -0.25) is 9.59 Å². The Balaban J connectivity index is 1.58. The van der Waals surface area contributed by atoms with Gasteiger partial charge >= 0.3 is 0 Å². The first-order valence-corrected chi connectivity index (χ1v) is 11.8. The first kappa shape index (κ1) is 23.0. The van der Waals surface area contributed by atoms with Crippen molar-refractivity contribution in [1.82, 2.24) is 14.1 Å². The van der Waals surface area contributed by atoms with Crippen LogP contribution >= 0.6 is 34.5 Å². The lowest BCUT2D eigenvalue weighted by molar-refractivity contribution is -0.132. The topological polar surface area (TPSA) is 78.0 Å². The number of thiophene rings is 1. The predicted octanol–water partition coefficient (Wildman–Crippen LogP) is 2.80. The van der Waals surface area contributed by atoms with Gasteiger partial charge in [0.1, 0.15) is 10.0 Å². The van der Waals surface area contributed by atoms with Gasteiger partial charge in [-0.25, -0.2) is 12.8 Å². The van der Waals surface area contributed by atoms with Crippen LogP contribution in [0.2, 0.25) is 9.36 Å². The van der Waals surface area contributed by atoms with Crippen molar-refractivity contribution in [1.29, 1.82) is 0 Å². The molecule has 3 rings (SSSR count). The molecule has 2 amide bonds. The number of carbonyl (C=O) groups is 2. The number of hydrogen-bond donors (Lipinski definition) is 0. The quantitative estimate of drug-likeness (QED) is 0.641. The fourth-order valence-corrected chi connectivity index (χ4v) is 6.02. The molecule has 1 aromatic heterocycles. The average Bonchev–Trinajstić information content (AvgIpc) is 3.14. The lowest BCUT2D eigenvalue weighted by Crippen LogP contribution is -2.52. The van der Waals surface area contributed by atoms with E-state index in [1.54, 1.807) is 0 Å². The summed E-state index contributed by atoms with van der Waals surface area (Å²) in [7, 11) is -2.48. The highest BCUT2D eigenvalue weighted by Gasteiger charge is 2.29. The molecule has 0 radical (unpaired) electrons. The highest BCUT2D eigenvalue weighted by molar-refractivity contribution is 7.91. The Kier molecular flexibility index (Phi) is 7.03. The zero-order valence-electron chi connectivity index (χ0n) is 15.8. The smallest absolute Gasteiger partial charge is 0.255 e. The molecule has 7 nitrogen and oxygen atoms in total. The number of nitrogens with zero attached hydrogens (tertiary/aromatic N) is 3. The summed E-state index contributed by atoms with van der Waals surface area (Å²) in [5.74, 6) is -1.24. The van der Waals surface area contributed by atoms with Gasteiger partial charge in [0.2, 0.25) is 5.91 Å². The van der Waals surface area contributed by atoms with Crippen molar-refractivity contribution >= 4 is 56.4 Å². The van der Waals surface area contributed by atoms with Crippen molar-refractivity contribution in [3.63, 3.8) is 0 Å². The molecule has 0 saturated carbocycles. The number of halogens is 3. The van der Waals surface area contributed by atoms with Gasteiger partial charge in [-0.15, -0.1) is 11.3 Å². The second kappa shape index (κ2) is 9.19. The standard InChI is InChI=1S/C18H18Cl2FN3O4S2/c1-22(30(27,28)17-5-4-15(20)29-17)11-16(25)23-6-8-24(9-7-23)18(26)13-3-2-12(21)10-14(13)19/h2-5,10H,6-9,11H2,1H3. The summed E-state index contributed by atoms with van der Waals surface area (Å²) in [5, 5.41) is 0.0269. The summed E-state index contributed by atoms with van der Waals surface area (Å²) in [6.07, 6.45) is 0. The average molecular weight is 494 g/mol. The zero-order chi connectivity index (χ0) is 22.1. The van der Waals surface area contributed by atoms with Crippen LogP contribution in [0.4, 0.5) is 4.39 Å². The van der Waals surface area contributed by atoms with Crippen molar-refractivity contribution in [3.05, 3.63) is 51.1 Å². The Morgan fingerprint density at radius 1 is 1.10 bits per heavy atom. The van der Waals surface area contributed by atoms with Crippen LogP contribution in [0, 0.1) is 5.82 Å². The SMILES string of the molecule is CN(CC(=O)N1CCN(C(=O)c2ccc(F)cc2Cl)CC1)S(=O)(=O)c1ccc(Cl)s1. The molecule has 2 heterocycles. The van der Waals surface area contributed by atoms with E-state index in [-0.39, 0.29) is 59.3 Å². The molecular formula is C18H18Cl2FN3O4S2. The monoisotopic (exact) mass is 493 g/mol. The van der Waals surface area contributed by atoms with Crippen LogP contribution in [-0.4, -0.2) is 74.1 Å². The van der Waals surface area contributed by atoms with Crippen LogP contribution in [0.1, 0.15) is 10.4 Å². The largest absolute Gasteiger partial charge is 0.338 e. The fraction of sp³-hybridized carbons (Fsp3) is 0.333. The van der Waals surface area contributed by atoms with E-state index in [0.29, 0.717) is 4.34 Å². The Morgan fingerprint density at radius 2 is 1.73 bits per heavy atom. The summed E-state index contributed by atoms with van der Waals surface area (Å²) in [5.41, 5.74) is 0.193. The maximum atomic E-state index is 13.2. The van der Waals surface area contributed by atoms with Crippen LogP contribution in [0.5, 0.6) is 0 Å². The Labute approximate surface area is 187 Å². The molecule has 0 aliphatic carbocycles. The molecule has 1 aliphatic rings. The third-order valence-electron chi connectivity index (χ3n) is 4.65. The van der Waals surface area contributed by atoms with Crippen molar-refractivity contribution in [3.8, 4) is 0 Å². The van der Waals surface area contributed by atoms with E-state index in [0.717, 1.165) is 27.8 Å². The molecule has 0 atom stereocenters. The number of benzene rings is 1. The first-order chi connectivity index (χ1) is 14.1. The molecule has 1 aliphatic heterocycles. The number of carbonyl (C=O) groups excluding carboxylic acids is 2. The predicted molar refractivity (Wildman–Crippen MR) is 113 cm³/mol. The van der Waals surface area contributed by atoms with Crippen LogP contribution in [-0.2, 0) is 14.8 Å². The minimum Gasteiger partial charge on any atom is -0.338 e.